The Hall–Kier alpha value is -3.61. The molecule has 134 valence electrons. The van der Waals surface area contributed by atoms with Crippen molar-refractivity contribution >= 4 is 34.4 Å². The number of aryl methyl sites for hydroxylation is 1. The summed E-state index contributed by atoms with van der Waals surface area (Å²) in [6, 6.07) is 16.3. The molecule has 1 amide bonds. The first-order valence-corrected chi connectivity index (χ1v) is 8.53. The molecule has 0 bridgehead atoms. The maximum atomic E-state index is 12.7. The van der Waals surface area contributed by atoms with Crippen LogP contribution in [0.3, 0.4) is 0 Å². The van der Waals surface area contributed by atoms with Crippen molar-refractivity contribution in [2.75, 3.05) is 5.01 Å². The molecule has 1 aliphatic heterocycles. The molecule has 3 aromatic rings. The average Bonchev–Trinajstić information content (AvgIpc) is 2.96. The third kappa shape index (κ3) is 2.93. The third-order valence-electron chi connectivity index (χ3n) is 4.43. The number of nitrogens with zero attached hydrogens (tertiary/aromatic N) is 5. The van der Waals surface area contributed by atoms with Crippen molar-refractivity contribution in [1.82, 2.24) is 9.66 Å². The van der Waals surface area contributed by atoms with Gasteiger partial charge >= 0.3 is 0 Å². The number of anilines is 1. The van der Waals surface area contributed by atoms with Crippen molar-refractivity contribution < 1.29 is 4.79 Å². The largest absolute Gasteiger partial charge is 0.282 e. The van der Waals surface area contributed by atoms with Gasteiger partial charge in [0, 0.05) is 6.21 Å². The molecule has 1 aromatic heterocycles. The lowest BCUT2D eigenvalue weighted by atomic mass is 10.1. The molecule has 7 heteroatoms. The van der Waals surface area contributed by atoms with Crippen LogP contribution in [0.1, 0.15) is 12.7 Å². The minimum Gasteiger partial charge on any atom is -0.271 e. The molecule has 2 heterocycles. The molecule has 0 fully saturated rings. The van der Waals surface area contributed by atoms with E-state index >= 15 is 0 Å². The molecule has 2 aromatic carbocycles. The number of para-hydroxylation sites is 2. The van der Waals surface area contributed by atoms with Crippen LogP contribution in [0, 0.1) is 12.8 Å². The fourth-order valence-corrected chi connectivity index (χ4v) is 3.01. The van der Waals surface area contributed by atoms with Gasteiger partial charge in [-0.2, -0.15) is 19.9 Å². The lowest BCUT2D eigenvalue weighted by Gasteiger charge is -2.12. The fraction of sp³-hybridized carbons (Fsp3) is 0.150. The molecule has 1 atom stereocenters. The number of benzene rings is 2. The maximum Gasteiger partial charge on any atom is 0.282 e. The Bertz CT molecular complexity index is 1150. The van der Waals surface area contributed by atoms with Crippen molar-refractivity contribution in [2.45, 2.75) is 13.8 Å². The van der Waals surface area contributed by atoms with Gasteiger partial charge in [0.05, 0.1) is 22.3 Å². The van der Waals surface area contributed by atoms with Crippen LogP contribution in [0.4, 0.5) is 5.69 Å². The summed E-state index contributed by atoms with van der Waals surface area (Å²) in [6.45, 7) is 3.48. The highest BCUT2D eigenvalue weighted by atomic mass is 16.2. The summed E-state index contributed by atoms with van der Waals surface area (Å²) >= 11 is 0. The van der Waals surface area contributed by atoms with Crippen LogP contribution < -0.4 is 10.6 Å². The minimum atomic E-state index is -0.622. The second-order valence-electron chi connectivity index (χ2n) is 6.26. The topological polar surface area (TPSA) is 79.9 Å². The SMILES string of the molecule is CC1=NN(c2ccccc2)C(=O)C1/C=N/n1c(C)nc2ccccc2c1=O. The van der Waals surface area contributed by atoms with E-state index in [-0.39, 0.29) is 11.5 Å². The Morgan fingerprint density at radius 3 is 2.48 bits per heavy atom. The van der Waals surface area contributed by atoms with Crippen LogP contribution in [0.15, 0.2) is 69.6 Å². The van der Waals surface area contributed by atoms with E-state index in [9.17, 15) is 9.59 Å². The molecule has 27 heavy (non-hydrogen) atoms. The smallest absolute Gasteiger partial charge is 0.271 e. The van der Waals surface area contributed by atoms with E-state index in [2.05, 4.69) is 15.2 Å². The fourth-order valence-electron chi connectivity index (χ4n) is 3.01. The molecule has 0 spiro atoms. The number of hydrogen-bond acceptors (Lipinski definition) is 5. The molecule has 4 rings (SSSR count). The normalized spacial score (nSPS) is 17.1. The second-order valence-corrected chi connectivity index (χ2v) is 6.26. The minimum absolute atomic E-state index is 0.207. The summed E-state index contributed by atoms with van der Waals surface area (Å²) < 4.78 is 1.22. The van der Waals surface area contributed by atoms with Gasteiger partial charge < -0.3 is 0 Å². The lowest BCUT2D eigenvalue weighted by molar-refractivity contribution is -0.118. The van der Waals surface area contributed by atoms with Crippen LogP contribution in [0.2, 0.25) is 0 Å². The summed E-state index contributed by atoms with van der Waals surface area (Å²) in [5.41, 5.74) is 1.66. The highest BCUT2D eigenvalue weighted by Crippen LogP contribution is 2.22. The predicted molar refractivity (Wildman–Crippen MR) is 105 cm³/mol. The number of hydrogen-bond donors (Lipinski definition) is 0. The average molecular weight is 359 g/mol. The maximum absolute atomic E-state index is 12.7. The van der Waals surface area contributed by atoms with Crippen molar-refractivity contribution in [3.63, 3.8) is 0 Å². The molecule has 0 saturated heterocycles. The Kier molecular flexibility index (Phi) is 4.12. The van der Waals surface area contributed by atoms with E-state index in [0.717, 1.165) is 0 Å². The zero-order chi connectivity index (χ0) is 19.0. The standard InChI is InChI=1S/C20H17N5O2/c1-13-17(20(27)25(23-13)15-8-4-3-5-9-15)12-21-24-14(2)22-18-11-7-6-10-16(18)19(24)26/h3-12,17H,1-2H3/b21-12+. The highest BCUT2D eigenvalue weighted by molar-refractivity contribution is 6.23. The van der Waals surface area contributed by atoms with Gasteiger partial charge in [0.25, 0.3) is 11.5 Å². The molecule has 1 aliphatic rings. The molecular weight excluding hydrogens is 342 g/mol. The summed E-state index contributed by atoms with van der Waals surface area (Å²) in [5, 5.41) is 10.4. The second kappa shape index (κ2) is 6.60. The summed E-state index contributed by atoms with van der Waals surface area (Å²) in [7, 11) is 0. The Labute approximate surface area is 155 Å². The van der Waals surface area contributed by atoms with Crippen LogP contribution >= 0.6 is 0 Å². The van der Waals surface area contributed by atoms with Crippen molar-refractivity contribution in [3.8, 4) is 0 Å². The van der Waals surface area contributed by atoms with Crippen LogP contribution in [0.25, 0.3) is 10.9 Å². The van der Waals surface area contributed by atoms with Crippen LogP contribution in [-0.2, 0) is 4.79 Å². The zero-order valence-electron chi connectivity index (χ0n) is 14.9. The monoisotopic (exact) mass is 359 g/mol. The number of fused-ring (bicyclic) bond motifs is 1. The van der Waals surface area contributed by atoms with Gasteiger partial charge in [0.1, 0.15) is 11.7 Å². The first-order chi connectivity index (χ1) is 13.1. The van der Waals surface area contributed by atoms with E-state index < -0.39 is 5.92 Å². The van der Waals surface area contributed by atoms with Gasteiger partial charge in [-0.3, -0.25) is 9.59 Å². The van der Waals surface area contributed by atoms with Gasteiger partial charge in [0.15, 0.2) is 0 Å². The molecule has 7 nitrogen and oxygen atoms in total. The Morgan fingerprint density at radius 1 is 1.00 bits per heavy atom. The lowest BCUT2D eigenvalue weighted by Crippen LogP contribution is -2.29. The number of hydrazone groups is 1. The van der Waals surface area contributed by atoms with Gasteiger partial charge in [-0.05, 0) is 38.1 Å². The summed E-state index contributed by atoms with van der Waals surface area (Å²) in [5.74, 6) is -0.375. The highest BCUT2D eigenvalue weighted by Gasteiger charge is 2.33. The van der Waals surface area contributed by atoms with Crippen LogP contribution in [0.5, 0.6) is 0 Å². The van der Waals surface area contributed by atoms with E-state index in [1.165, 1.54) is 15.9 Å². The summed E-state index contributed by atoms with van der Waals surface area (Å²) in [4.78, 5) is 29.8. The first kappa shape index (κ1) is 16.8. The van der Waals surface area contributed by atoms with E-state index in [1.807, 2.05) is 36.4 Å². The molecule has 0 saturated carbocycles. The summed E-state index contributed by atoms with van der Waals surface area (Å²) in [6.07, 6.45) is 1.45. The Balaban J connectivity index is 1.68. The Morgan fingerprint density at radius 2 is 1.70 bits per heavy atom. The first-order valence-electron chi connectivity index (χ1n) is 8.53. The number of rotatable bonds is 3. The van der Waals surface area contributed by atoms with Gasteiger partial charge in [-0.25, -0.2) is 4.98 Å². The molecule has 0 N–H and O–H groups in total. The van der Waals surface area contributed by atoms with Crippen molar-refractivity contribution in [3.05, 3.63) is 70.8 Å². The number of carbonyl (C=O) groups is 1. The predicted octanol–water partition coefficient (Wildman–Crippen LogP) is 2.58. The van der Waals surface area contributed by atoms with Gasteiger partial charge in [0.2, 0.25) is 0 Å². The molecule has 0 radical (unpaired) electrons. The molecule has 0 aliphatic carbocycles. The van der Waals surface area contributed by atoms with E-state index in [1.54, 1.807) is 32.0 Å². The van der Waals surface area contributed by atoms with Crippen molar-refractivity contribution in [1.29, 1.82) is 0 Å². The number of carbonyl (C=O) groups excluding carboxylic acids is 1. The number of aromatic nitrogens is 2. The van der Waals surface area contributed by atoms with Gasteiger partial charge in [-0.15, -0.1) is 0 Å². The molecule has 1 unspecified atom stereocenters. The third-order valence-corrected chi connectivity index (χ3v) is 4.43. The van der Waals surface area contributed by atoms with E-state index in [0.29, 0.717) is 28.1 Å². The van der Waals surface area contributed by atoms with E-state index in [4.69, 9.17) is 0 Å². The van der Waals surface area contributed by atoms with Crippen LogP contribution in [-0.4, -0.2) is 27.5 Å². The van der Waals surface area contributed by atoms with Gasteiger partial charge in [-0.1, -0.05) is 30.3 Å². The quantitative estimate of drug-likeness (QED) is 0.674. The molecular formula is C20H17N5O2. The zero-order valence-corrected chi connectivity index (χ0v) is 14.9. The number of amides is 1. The van der Waals surface area contributed by atoms with Crippen molar-refractivity contribution in [2.24, 2.45) is 16.1 Å².